The maximum atomic E-state index is 14.4. The SMILES string of the molecule is Cn1cccc(-c2cnc3ccc(-c4c[nH]nc4-c4cc(Cl)ccc4F)nc3c2)c1=O. The summed E-state index contributed by atoms with van der Waals surface area (Å²) in [5.74, 6) is -0.428. The van der Waals surface area contributed by atoms with Crippen molar-refractivity contribution in [3.05, 3.63) is 88.3 Å². The molecule has 152 valence electrons. The molecule has 0 atom stereocenters. The number of fused-ring (bicyclic) bond motifs is 1. The van der Waals surface area contributed by atoms with Gasteiger partial charge in [0.2, 0.25) is 0 Å². The van der Waals surface area contributed by atoms with Gasteiger partial charge in [-0.05, 0) is 48.5 Å². The molecular weight excluding hydrogens is 417 g/mol. The van der Waals surface area contributed by atoms with Crippen LogP contribution in [0.1, 0.15) is 0 Å². The van der Waals surface area contributed by atoms with Crippen LogP contribution < -0.4 is 5.56 Å². The Morgan fingerprint density at radius 3 is 2.77 bits per heavy atom. The molecular formula is C23H15ClFN5O. The van der Waals surface area contributed by atoms with Crippen LogP contribution in [-0.2, 0) is 7.05 Å². The number of hydrogen-bond donors (Lipinski definition) is 1. The van der Waals surface area contributed by atoms with Crippen LogP contribution in [0, 0.1) is 5.82 Å². The zero-order valence-electron chi connectivity index (χ0n) is 16.3. The van der Waals surface area contributed by atoms with Crippen molar-refractivity contribution in [1.29, 1.82) is 0 Å². The molecule has 0 bridgehead atoms. The number of aromatic nitrogens is 5. The summed E-state index contributed by atoms with van der Waals surface area (Å²) in [7, 11) is 1.70. The molecule has 0 spiro atoms. The summed E-state index contributed by atoms with van der Waals surface area (Å²) in [5.41, 5.74) is 4.30. The Labute approximate surface area is 181 Å². The second-order valence-corrected chi connectivity index (χ2v) is 7.50. The monoisotopic (exact) mass is 431 g/mol. The van der Waals surface area contributed by atoms with Crippen LogP contribution in [0.15, 0.2) is 71.9 Å². The van der Waals surface area contributed by atoms with Gasteiger partial charge >= 0.3 is 0 Å². The standard InChI is InChI=1S/C23H15ClFN5O/c1-30-8-2-3-15(23(30)31)13-9-21-20(26-11-13)7-6-19(28-21)17-12-27-29-22(17)16-10-14(24)4-5-18(16)25/h2-12H,1H3,(H,27,29). The van der Waals surface area contributed by atoms with Crippen LogP contribution >= 0.6 is 11.6 Å². The zero-order valence-corrected chi connectivity index (χ0v) is 17.1. The molecule has 4 aromatic heterocycles. The Hall–Kier alpha value is -3.84. The summed E-state index contributed by atoms with van der Waals surface area (Å²) >= 11 is 6.05. The highest BCUT2D eigenvalue weighted by Crippen LogP contribution is 2.33. The summed E-state index contributed by atoms with van der Waals surface area (Å²) in [4.78, 5) is 21.6. The molecule has 4 heterocycles. The predicted octanol–water partition coefficient (Wildman–Crippen LogP) is 4.85. The highest BCUT2D eigenvalue weighted by Gasteiger charge is 2.16. The quantitative estimate of drug-likeness (QED) is 0.443. The fourth-order valence-corrected chi connectivity index (χ4v) is 3.66. The molecule has 0 fully saturated rings. The molecule has 6 nitrogen and oxygen atoms in total. The van der Waals surface area contributed by atoms with Gasteiger partial charge in [0, 0.05) is 52.9 Å². The number of halogens is 2. The van der Waals surface area contributed by atoms with Crippen LogP contribution in [-0.4, -0.2) is 24.7 Å². The van der Waals surface area contributed by atoms with Gasteiger partial charge in [-0.1, -0.05) is 11.6 Å². The lowest BCUT2D eigenvalue weighted by Gasteiger charge is -2.07. The van der Waals surface area contributed by atoms with Gasteiger partial charge in [-0.25, -0.2) is 9.37 Å². The normalized spacial score (nSPS) is 11.2. The minimum atomic E-state index is -0.428. The molecule has 0 unspecified atom stereocenters. The third kappa shape index (κ3) is 3.39. The van der Waals surface area contributed by atoms with Crippen molar-refractivity contribution in [2.24, 2.45) is 7.05 Å². The van der Waals surface area contributed by atoms with E-state index in [0.717, 1.165) is 0 Å². The van der Waals surface area contributed by atoms with Crippen molar-refractivity contribution >= 4 is 22.6 Å². The molecule has 5 aromatic rings. The largest absolute Gasteiger partial charge is 0.318 e. The van der Waals surface area contributed by atoms with Crippen molar-refractivity contribution in [3.8, 4) is 33.6 Å². The number of nitrogens with zero attached hydrogens (tertiary/aromatic N) is 4. The van der Waals surface area contributed by atoms with E-state index in [1.54, 1.807) is 37.8 Å². The first kappa shape index (κ1) is 19.1. The number of H-pyrrole nitrogens is 1. The van der Waals surface area contributed by atoms with Crippen LogP contribution in [0.4, 0.5) is 4.39 Å². The first-order valence-electron chi connectivity index (χ1n) is 9.43. The average Bonchev–Trinajstić information content (AvgIpc) is 3.26. The maximum absolute atomic E-state index is 14.4. The fraction of sp³-hybridized carbons (Fsp3) is 0.0435. The Morgan fingerprint density at radius 2 is 1.90 bits per heavy atom. The molecule has 0 aliphatic rings. The van der Waals surface area contributed by atoms with E-state index in [0.29, 0.717) is 44.1 Å². The first-order valence-corrected chi connectivity index (χ1v) is 9.81. The topological polar surface area (TPSA) is 76.5 Å². The minimum Gasteiger partial charge on any atom is -0.318 e. The van der Waals surface area contributed by atoms with E-state index in [4.69, 9.17) is 16.6 Å². The molecule has 0 aliphatic carbocycles. The Morgan fingerprint density at radius 1 is 1.03 bits per heavy atom. The lowest BCUT2D eigenvalue weighted by Crippen LogP contribution is -2.17. The van der Waals surface area contributed by atoms with Gasteiger partial charge in [-0.2, -0.15) is 5.10 Å². The van der Waals surface area contributed by atoms with Crippen LogP contribution in [0.2, 0.25) is 5.02 Å². The van der Waals surface area contributed by atoms with Gasteiger partial charge in [0.15, 0.2) is 0 Å². The number of aromatic amines is 1. The molecule has 1 aromatic carbocycles. The van der Waals surface area contributed by atoms with E-state index >= 15 is 0 Å². The first-order chi connectivity index (χ1) is 15.0. The third-order valence-corrected chi connectivity index (χ3v) is 5.31. The second-order valence-electron chi connectivity index (χ2n) is 7.07. The van der Waals surface area contributed by atoms with E-state index in [1.165, 1.54) is 22.8 Å². The summed E-state index contributed by atoms with van der Waals surface area (Å²) in [6.07, 6.45) is 5.02. The van der Waals surface area contributed by atoms with Gasteiger partial charge in [0.25, 0.3) is 5.56 Å². The Balaban J connectivity index is 1.65. The molecule has 0 amide bonds. The molecule has 5 rings (SSSR count). The van der Waals surface area contributed by atoms with Crippen molar-refractivity contribution in [1.82, 2.24) is 24.7 Å². The molecule has 0 radical (unpaired) electrons. The van der Waals surface area contributed by atoms with E-state index in [9.17, 15) is 9.18 Å². The van der Waals surface area contributed by atoms with E-state index in [-0.39, 0.29) is 11.1 Å². The average molecular weight is 432 g/mol. The number of hydrogen-bond acceptors (Lipinski definition) is 4. The zero-order chi connectivity index (χ0) is 21.5. The molecule has 8 heteroatoms. The van der Waals surface area contributed by atoms with Gasteiger partial charge in [0.05, 0.1) is 16.7 Å². The van der Waals surface area contributed by atoms with E-state index in [1.807, 2.05) is 18.2 Å². The highest BCUT2D eigenvalue weighted by molar-refractivity contribution is 6.30. The van der Waals surface area contributed by atoms with Crippen molar-refractivity contribution in [2.75, 3.05) is 0 Å². The van der Waals surface area contributed by atoms with Crippen molar-refractivity contribution in [3.63, 3.8) is 0 Å². The number of pyridine rings is 3. The molecule has 0 aliphatic heterocycles. The minimum absolute atomic E-state index is 0.117. The van der Waals surface area contributed by atoms with Crippen molar-refractivity contribution < 1.29 is 4.39 Å². The van der Waals surface area contributed by atoms with Crippen molar-refractivity contribution in [2.45, 2.75) is 0 Å². The van der Waals surface area contributed by atoms with Crippen LogP contribution in [0.25, 0.3) is 44.7 Å². The van der Waals surface area contributed by atoms with Gasteiger partial charge in [-0.15, -0.1) is 0 Å². The Bertz CT molecular complexity index is 1510. The second kappa shape index (κ2) is 7.45. The predicted molar refractivity (Wildman–Crippen MR) is 118 cm³/mol. The summed E-state index contributed by atoms with van der Waals surface area (Å²) < 4.78 is 15.9. The number of benzene rings is 1. The third-order valence-electron chi connectivity index (χ3n) is 5.07. The molecule has 1 N–H and O–H groups in total. The number of nitrogens with one attached hydrogen (secondary N) is 1. The maximum Gasteiger partial charge on any atom is 0.258 e. The number of aryl methyl sites for hydroxylation is 1. The fourth-order valence-electron chi connectivity index (χ4n) is 3.49. The van der Waals surface area contributed by atoms with E-state index < -0.39 is 5.82 Å². The Kier molecular flexibility index (Phi) is 4.60. The molecule has 0 saturated heterocycles. The molecule has 31 heavy (non-hydrogen) atoms. The van der Waals surface area contributed by atoms with Gasteiger partial charge in [0.1, 0.15) is 11.5 Å². The summed E-state index contributed by atoms with van der Waals surface area (Å²) in [6.45, 7) is 0. The lowest BCUT2D eigenvalue weighted by atomic mass is 10.0. The lowest BCUT2D eigenvalue weighted by molar-refractivity contribution is 0.630. The van der Waals surface area contributed by atoms with Gasteiger partial charge in [-0.3, -0.25) is 14.9 Å². The number of rotatable bonds is 3. The summed E-state index contributed by atoms with van der Waals surface area (Å²) in [5, 5.41) is 7.40. The van der Waals surface area contributed by atoms with Gasteiger partial charge < -0.3 is 4.57 Å². The summed E-state index contributed by atoms with van der Waals surface area (Å²) in [6, 6.07) is 13.3. The molecule has 0 saturated carbocycles. The van der Waals surface area contributed by atoms with E-state index in [2.05, 4.69) is 15.2 Å². The smallest absolute Gasteiger partial charge is 0.258 e. The highest BCUT2D eigenvalue weighted by atomic mass is 35.5. The van der Waals surface area contributed by atoms with Crippen LogP contribution in [0.3, 0.4) is 0 Å². The van der Waals surface area contributed by atoms with Crippen LogP contribution in [0.5, 0.6) is 0 Å².